The van der Waals surface area contributed by atoms with Gasteiger partial charge >= 0.3 is 0 Å². The number of nitrogens with one attached hydrogen (secondary N) is 1. The van der Waals surface area contributed by atoms with Crippen LogP contribution in [-0.4, -0.2) is 26.7 Å². The molecule has 0 saturated heterocycles. The lowest BCUT2D eigenvalue weighted by Crippen LogP contribution is -2.35. The number of rotatable bonds is 2. The van der Waals surface area contributed by atoms with Crippen molar-refractivity contribution in [1.29, 1.82) is 0 Å². The molecule has 3 aliphatic rings. The van der Waals surface area contributed by atoms with Crippen molar-refractivity contribution in [3.05, 3.63) is 23.5 Å². The number of nitrogens with two attached hydrogens (primary N) is 1. The lowest BCUT2D eigenvalue weighted by molar-refractivity contribution is 0.408. The highest BCUT2D eigenvalue weighted by Gasteiger charge is 2.51. The van der Waals surface area contributed by atoms with Crippen LogP contribution in [0.5, 0.6) is 0 Å². The van der Waals surface area contributed by atoms with E-state index in [0.29, 0.717) is 17.5 Å². The molecule has 5 nitrogen and oxygen atoms in total. The van der Waals surface area contributed by atoms with Crippen molar-refractivity contribution in [2.24, 2.45) is 5.73 Å². The fraction of sp³-hybridized carbons (Fsp3) is 0.647. The van der Waals surface area contributed by atoms with E-state index in [1.807, 2.05) is 16.8 Å². The lowest BCUT2D eigenvalue weighted by atomic mass is 9.91. The Kier molecular flexibility index (Phi) is 4.71. The van der Waals surface area contributed by atoms with Gasteiger partial charge in [-0.3, -0.25) is 0 Å². The van der Waals surface area contributed by atoms with Crippen molar-refractivity contribution in [2.45, 2.75) is 68.9 Å². The zero-order valence-electron chi connectivity index (χ0n) is 13.7. The van der Waals surface area contributed by atoms with Gasteiger partial charge in [0, 0.05) is 29.1 Å². The molecule has 0 aliphatic heterocycles. The van der Waals surface area contributed by atoms with Crippen LogP contribution in [0.1, 0.15) is 56.2 Å². The van der Waals surface area contributed by atoms with Crippen molar-refractivity contribution >= 4 is 36.3 Å². The molecule has 5 rings (SSSR count). The summed E-state index contributed by atoms with van der Waals surface area (Å²) in [6, 6.07) is 2.83. The van der Waals surface area contributed by atoms with Crippen LogP contribution < -0.4 is 11.1 Å². The van der Waals surface area contributed by atoms with Gasteiger partial charge in [0.2, 0.25) is 0 Å². The number of aromatic nitrogens is 3. The van der Waals surface area contributed by atoms with E-state index in [4.69, 9.17) is 10.7 Å². The third-order valence-corrected chi connectivity index (χ3v) is 5.90. The van der Waals surface area contributed by atoms with Crippen molar-refractivity contribution in [3.63, 3.8) is 0 Å². The highest BCUT2D eigenvalue weighted by molar-refractivity contribution is 5.85. The van der Waals surface area contributed by atoms with Gasteiger partial charge in [0.25, 0.3) is 0 Å². The number of hydrogen-bond donors (Lipinski definition) is 2. The lowest BCUT2D eigenvalue weighted by Gasteiger charge is -2.29. The first-order valence-corrected chi connectivity index (χ1v) is 8.64. The average Bonchev–Trinajstić information content (AvgIpc) is 2.99. The van der Waals surface area contributed by atoms with Crippen molar-refractivity contribution < 1.29 is 0 Å². The van der Waals surface area contributed by atoms with E-state index in [9.17, 15) is 0 Å². The summed E-state index contributed by atoms with van der Waals surface area (Å²) in [7, 11) is 0. The summed E-state index contributed by atoms with van der Waals surface area (Å²) in [6.45, 7) is 0. The average molecular weight is 370 g/mol. The highest BCUT2D eigenvalue weighted by atomic mass is 35.5. The number of anilines is 1. The Bertz CT molecular complexity index is 740. The molecular weight excluding hydrogens is 345 g/mol. The molecule has 2 atom stereocenters. The first kappa shape index (κ1) is 17.8. The van der Waals surface area contributed by atoms with Gasteiger partial charge in [-0.1, -0.05) is 0 Å². The van der Waals surface area contributed by atoms with Crippen LogP contribution in [0.25, 0.3) is 5.65 Å². The largest absolute Gasteiger partial charge is 0.367 e. The molecule has 0 bridgehead atoms. The molecule has 2 aromatic rings. The zero-order valence-corrected chi connectivity index (χ0v) is 15.3. The molecule has 0 amide bonds. The molecule has 2 aromatic heterocycles. The van der Waals surface area contributed by atoms with Gasteiger partial charge in [0.15, 0.2) is 5.65 Å². The standard InChI is InChI=1S/C17H23N5.2ClH/c18-11-2-1-3-12(10-11)20-16-13-4-6-17(7-8-17)15(13)21-14-5-9-19-22(14)16;;/h5,9,11-12,20H,1-4,6-8,10,18H2;2*1H/t11-,12-;;/m0../s1. The summed E-state index contributed by atoms with van der Waals surface area (Å²) < 4.78 is 2.00. The molecule has 1 spiro atoms. The predicted molar refractivity (Wildman–Crippen MR) is 101 cm³/mol. The summed E-state index contributed by atoms with van der Waals surface area (Å²) in [5, 5.41) is 8.30. The van der Waals surface area contributed by atoms with Crippen LogP contribution in [0.2, 0.25) is 0 Å². The van der Waals surface area contributed by atoms with Gasteiger partial charge in [-0.25, -0.2) is 4.98 Å². The first-order valence-electron chi connectivity index (χ1n) is 8.64. The van der Waals surface area contributed by atoms with Crippen LogP contribution in [0.4, 0.5) is 5.82 Å². The summed E-state index contributed by atoms with van der Waals surface area (Å²) in [6.07, 6.45) is 11.5. The van der Waals surface area contributed by atoms with Crippen LogP contribution in [0.15, 0.2) is 12.3 Å². The molecule has 0 unspecified atom stereocenters. The van der Waals surface area contributed by atoms with Crippen molar-refractivity contribution in [2.75, 3.05) is 5.32 Å². The Balaban J connectivity index is 0.000000845. The van der Waals surface area contributed by atoms with E-state index >= 15 is 0 Å². The second-order valence-corrected chi connectivity index (χ2v) is 7.44. The number of fused-ring (bicyclic) bond motifs is 3. The topological polar surface area (TPSA) is 68.2 Å². The Morgan fingerprint density at radius 1 is 1.21 bits per heavy atom. The van der Waals surface area contributed by atoms with E-state index in [1.54, 1.807) is 0 Å². The van der Waals surface area contributed by atoms with E-state index in [2.05, 4.69) is 10.4 Å². The van der Waals surface area contributed by atoms with Crippen LogP contribution >= 0.6 is 24.8 Å². The summed E-state index contributed by atoms with van der Waals surface area (Å²) in [5.41, 5.74) is 10.3. The van der Waals surface area contributed by atoms with Gasteiger partial charge in [0.1, 0.15) is 5.82 Å². The minimum absolute atomic E-state index is 0. The summed E-state index contributed by atoms with van der Waals surface area (Å²) in [4.78, 5) is 4.94. The highest BCUT2D eigenvalue weighted by Crippen LogP contribution is 2.57. The van der Waals surface area contributed by atoms with Crippen LogP contribution in [0, 0.1) is 0 Å². The van der Waals surface area contributed by atoms with Crippen molar-refractivity contribution in [3.8, 4) is 0 Å². The Labute approximate surface area is 154 Å². The molecule has 7 heteroatoms. The van der Waals surface area contributed by atoms with Gasteiger partial charge in [-0.2, -0.15) is 9.61 Å². The quantitative estimate of drug-likeness (QED) is 0.852. The molecule has 24 heavy (non-hydrogen) atoms. The van der Waals surface area contributed by atoms with Crippen molar-refractivity contribution in [1.82, 2.24) is 14.6 Å². The number of halogens is 2. The molecule has 2 heterocycles. The Morgan fingerprint density at radius 2 is 2.04 bits per heavy atom. The fourth-order valence-electron chi connectivity index (χ4n) is 4.47. The molecular formula is C17H25Cl2N5. The molecule has 3 aliphatic carbocycles. The predicted octanol–water partition coefficient (Wildman–Crippen LogP) is 3.23. The SMILES string of the molecule is Cl.Cl.N[C@H]1CCC[C@H](Nc2c3c(nc4ccnn24)C2(CC3)CC2)C1. The van der Waals surface area contributed by atoms with E-state index < -0.39 is 0 Å². The minimum Gasteiger partial charge on any atom is -0.367 e. The van der Waals surface area contributed by atoms with Gasteiger partial charge in [0.05, 0.1) is 11.9 Å². The Hall–Kier alpha value is -1.04. The number of nitrogens with zero attached hydrogens (tertiary/aromatic N) is 3. The van der Waals surface area contributed by atoms with Crippen LogP contribution in [0.3, 0.4) is 0 Å². The second-order valence-electron chi connectivity index (χ2n) is 7.44. The maximum absolute atomic E-state index is 6.16. The van der Waals surface area contributed by atoms with Gasteiger partial charge in [-0.15, -0.1) is 24.8 Å². The molecule has 0 aromatic carbocycles. The molecule has 2 saturated carbocycles. The van der Waals surface area contributed by atoms with E-state index in [-0.39, 0.29) is 24.8 Å². The zero-order chi connectivity index (χ0) is 14.7. The smallest absolute Gasteiger partial charge is 0.157 e. The fourth-order valence-corrected chi connectivity index (χ4v) is 4.47. The van der Waals surface area contributed by atoms with Gasteiger partial charge < -0.3 is 11.1 Å². The molecule has 132 valence electrons. The molecule has 2 fully saturated rings. The maximum Gasteiger partial charge on any atom is 0.157 e. The summed E-state index contributed by atoms with van der Waals surface area (Å²) in [5.74, 6) is 1.19. The second kappa shape index (κ2) is 6.36. The maximum atomic E-state index is 6.16. The van der Waals surface area contributed by atoms with E-state index in [1.165, 1.54) is 49.2 Å². The minimum atomic E-state index is 0. The molecule has 3 N–H and O–H groups in total. The number of hydrogen-bond acceptors (Lipinski definition) is 4. The molecule has 0 radical (unpaired) electrons. The van der Waals surface area contributed by atoms with Crippen LogP contribution in [-0.2, 0) is 11.8 Å². The first-order chi connectivity index (χ1) is 10.8. The van der Waals surface area contributed by atoms with Gasteiger partial charge in [-0.05, 0) is 51.4 Å². The summed E-state index contributed by atoms with van der Waals surface area (Å²) >= 11 is 0. The normalized spacial score (nSPS) is 26.5. The van der Waals surface area contributed by atoms with E-state index in [0.717, 1.165) is 24.9 Å². The third-order valence-electron chi connectivity index (χ3n) is 5.90. The third kappa shape index (κ3) is 2.67. The Morgan fingerprint density at radius 3 is 2.79 bits per heavy atom. The monoisotopic (exact) mass is 369 g/mol.